The number of hydrogen-bond acceptors (Lipinski definition) is 4. The van der Waals surface area contributed by atoms with Gasteiger partial charge >= 0.3 is 6.01 Å². The smallest absolute Gasteiger partial charge is 0.322 e. The van der Waals surface area contributed by atoms with Crippen LogP contribution in [0.3, 0.4) is 0 Å². The van der Waals surface area contributed by atoms with Crippen molar-refractivity contribution in [3.63, 3.8) is 0 Å². The van der Waals surface area contributed by atoms with E-state index in [9.17, 15) is 4.79 Å². The Kier molecular flexibility index (Phi) is 3.47. The van der Waals surface area contributed by atoms with Gasteiger partial charge < -0.3 is 4.42 Å². The predicted octanol–water partition coefficient (Wildman–Crippen LogP) is 3.30. The number of aromatic nitrogens is 2. The number of nitrogens with zero attached hydrogens (tertiary/aromatic N) is 2. The third kappa shape index (κ3) is 2.97. The molecule has 0 aliphatic heterocycles. The number of anilines is 1. The van der Waals surface area contributed by atoms with Crippen molar-refractivity contribution < 1.29 is 9.21 Å². The molecule has 1 amide bonds. The molecular weight excluding hydrogens is 266 g/mol. The lowest BCUT2D eigenvalue weighted by Crippen LogP contribution is -2.11. The van der Waals surface area contributed by atoms with E-state index >= 15 is 0 Å². The van der Waals surface area contributed by atoms with Crippen molar-refractivity contribution in [1.82, 2.24) is 10.2 Å². The van der Waals surface area contributed by atoms with Gasteiger partial charge in [-0.2, -0.15) is 0 Å². The molecule has 0 saturated carbocycles. The molecule has 1 aromatic heterocycles. The second-order valence-electron chi connectivity index (χ2n) is 4.60. The van der Waals surface area contributed by atoms with Gasteiger partial charge in [0, 0.05) is 11.1 Å². The summed E-state index contributed by atoms with van der Waals surface area (Å²) in [5, 5.41) is 10.3. The monoisotopic (exact) mass is 279 g/mol. The fourth-order valence-electron chi connectivity index (χ4n) is 1.85. The molecule has 1 heterocycles. The zero-order valence-corrected chi connectivity index (χ0v) is 11.4. The van der Waals surface area contributed by atoms with Gasteiger partial charge in [0.2, 0.25) is 5.89 Å². The van der Waals surface area contributed by atoms with Crippen molar-refractivity contribution in [2.75, 3.05) is 5.32 Å². The molecule has 3 aromatic rings. The highest BCUT2D eigenvalue weighted by molar-refractivity contribution is 6.03. The largest absolute Gasteiger partial charge is 0.403 e. The molecule has 0 atom stereocenters. The summed E-state index contributed by atoms with van der Waals surface area (Å²) in [6.45, 7) is 2.00. The van der Waals surface area contributed by atoms with Crippen LogP contribution < -0.4 is 5.32 Å². The number of hydrogen-bond donors (Lipinski definition) is 1. The van der Waals surface area contributed by atoms with E-state index in [1.165, 1.54) is 0 Å². The SMILES string of the molecule is Cc1ccc(-c2nnc(NC(=O)c3ccccc3)o2)cc1. The Bertz CT molecular complexity index is 749. The molecule has 0 fully saturated rings. The van der Waals surface area contributed by atoms with Crippen molar-refractivity contribution in [3.05, 3.63) is 65.7 Å². The van der Waals surface area contributed by atoms with Gasteiger partial charge in [0.25, 0.3) is 5.91 Å². The van der Waals surface area contributed by atoms with Crippen LogP contribution in [0.5, 0.6) is 0 Å². The highest BCUT2D eigenvalue weighted by Crippen LogP contribution is 2.20. The van der Waals surface area contributed by atoms with Gasteiger partial charge in [-0.15, -0.1) is 5.10 Å². The molecule has 21 heavy (non-hydrogen) atoms. The number of amides is 1. The van der Waals surface area contributed by atoms with Crippen molar-refractivity contribution in [3.8, 4) is 11.5 Å². The van der Waals surface area contributed by atoms with Crippen molar-refractivity contribution in [1.29, 1.82) is 0 Å². The second kappa shape index (κ2) is 5.58. The zero-order chi connectivity index (χ0) is 14.7. The maximum atomic E-state index is 12.0. The highest BCUT2D eigenvalue weighted by atomic mass is 16.4. The van der Waals surface area contributed by atoms with Crippen LogP contribution in [0.15, 0.2) is 59.0 Å². The number of nitrogens with one attached hydrogen (secondary N) is 1. The fraction of sp³-hybridized carbons (Fsp3) is 0.0625. The first-order valence-electron chi connectivity index (χ1n) is 6.49. The van der Waals surface area contributed by atoms with E-state index in [0.29, 0.717) is 11.5 Å². The minimum Gasteiger partial charge on any atom is -0.403 e. The lowest BCUT2D eigenvalue weighted by molar-refractivity contribution is 0.102. The summed E-state index contributed by atoms with van der Waals surface area (Å²) in [6.07, 6.45) is 0. The van der Waals surface area contributed by atoms with Crippen molar-refractivity contribution in [2.24, 2.45) is 0 Å². The summed E-state index contributed by atoms with van der Waals surface area (Å²) in [5.41, 5.74) is 2.50. The van der Waals surface area contributed by atoms with E-state index in [2.05, 4.69) is 15.5 Å². The van der Waals surface area contributed by atoms with Crippen LogP contribution in [0.1, 0.15) is 15.9 Å². The Morgan fingerprint density at radius 3 is 2.43 bits per heavy atom. The van der Waals surface area contributed by atoms with E-state index < -0.39 is 0 Å². The lowest BCUT2D eigenvalue weighted by Gasteiger charge is -1.99. The van der Waals surface area contributed by atoms with Gasteiger partial charge in [-0.3, -0.25) is 10.1 Å². The van der Waals surface area contributed by atoms with E-state index in [1.807, 2.05) is 37.3 Å². The topological polar surface area (TPSA) is 68.0 Å². The van der Waals surface area contributed by atoms with Gasteiger partial charge in [0.05, 0.1) is 0 Å². The molecule has 3 rings (SSSR count). The molecule has 0 spiro atoms. The quantitative estimate of drug-likeness (QED) is 0.798. The van der Waals surface area contributed by atoms with Crippen LogP contribution in [0, 0.1) is 6.92 Å². The minimum absolute atomic E-state index is 0.0828. The summed E-state index contributed by atoms with van der Waals surface area (Å²) in [7, 11) is 0. The Hall–Kier alpha value is -2.95. The normalized spacial score (nSPS) is 10.3. The van der Waals surface area contributed by atoms with E-state index in [4.69, 9.17) is 4.42 Å². The van der Waals surface area contributed by atoms with Crippen molar-refractivity contribution >= 4 is 11.9 Å². The Morgan fingerprint density at radius 2 is 1.71 bits per heavy atom. The molecule has 104 valence electrons. The molecule has 0 aliphatic rings. The van der Waals surface area contributed by atoms with Gasteiger partial charge in [-0.05, 0) is 31.2 Å². The molecule has 5 nitrogen and oxygen atoms in total. The molecular formula is C16H13N3O2. The lowest BCUT2D eigenvalue weighted by atomic mass is 10.1. The summed E-state index contributed by atoms with van der Waals surface area (Å²) >= 11 is 0. The van der Waals surface area contributed by atoms with E-state index in [-0.39, 0.29) is 11.9 Å². The van der Waals surface area contributed by atoms with Crippen LogP contribution in [0.25, 0.3) is 11.5 Å². The van der Waals surface area contributed by atoms with Crippen LogP contribution in [0.4, 0.5) is 6.01 Å². The number of benzene rings is 2. The first-order chi connectivity index (χ1) is 10.2. The number of carbonyl (C=O) groups excluding carboxylic acids is 1. The van der Waals surface area contributed by atoms with Crippen molar-refractivity contribution in [2.45, 2.75) is 6.92 Å². The minimum atomic E-state index is -0.283. The molecule has 0 saturated heterocycles. The molecule has 5 heteroatoms. The summed E-state index contributed by atoms with van der Waals surface area (Å²) < 4.78 is 5.45. The molecule has 1 N–H and O–H groups in total. The molecule has 0 aliphatic carbocycles. The first-order valence-corrected chi connectivity index (χ1v) is 6.49. The van der Waals surface area contributed by atoms with E-state index in [1.54, 1.807) is 24.3 Å². The predicted molar refractivity (Wildman–Crippen MR) is 78.9 cm³/mol. The first kappa shape index (κ1) is 13.1. The molecule has 2 aromatic carbocycles. The standard InChI is InChI=1S/C16H13N3O2/c1-11-7-9-13(10-8-11)15-18-19-16(21-15)17-14(20)12-5-3-2-4-6-12/h2-10H,1H3,(H,17,19,20). The van der Waals surface area contributed by atoms with Crippen LogP contribution in [-0.4, -0.2) is 16.1 Å². The van der Waals surface area contributed by atoms with Crippen LogP contribution in [-0.2, 0) is 0 Å². The fourth-order valence-corrected chi connectivity index (χ4v) is 1.85. The van der Waals surface area contributed by atoms with Gasteiger partial charge in [-0.1, -0.05) is 41.0 Å². The van der Waals surface area contributed by atoms with Gasteiger partial charge in [0.1, 0.15) is 0 Å². The third-order valence-corrected chi connectivity index (χ3v) is 2.98. The number of rotatable bonds is 3. The van der Waals surface area contributed by atoms with E-state index in [0.717, 1.165) is 11.1 Å². The van der Waals surface area contributed by atoms with Crippen LogP contribution >= 0.6 is 0 Å². The average molecular weight is 279 g/mol. The third-order valence-electron chi connectivity index (χ3n) is 2.98. The number of carbonyl (C=O) groups is 1. The zero-order valence-electron chi connectivity index (χ0n) is 11.4. The summed E-state index contributed by atoms with van der Waals surface area (Å²) in [4.78, 5) is 12.0. The Balaban J connectivity index is 1.76. The maximum absolute atomic E-state index is 12.0. The van der Waals surface area contributed by atoms with Crippen LogP contribution in [0.2, 0.25) is 0 Å². The Labute approximate surface area is 121 Å². The maximum Gasteiger partial charge on any atom is 0.322 e. The molecule has 0 bridgehead atoms. The Morgan fingerprint density at radius 1 is 1.00 bits per heavy atom. The molecule has 0 radical (unpaired) electrons. The highest BCUT2D eigenvalue weighted by Gasteiger charge is 2.12. The van der Waals surface area contributed by atoms with Gasteiger partial charge in [0.15, 0.2) is 0 Å². The average Bonchev–Trinajstić information content (AvgIpc) is 2.97. The number of aryl methyl sites for hydroxylation is 1. The summed E-state index contributed by atoms with van der Waals surface area (Å²) in [6, 6.07) is 16.7. The van der Waals surface area contributed by atoms with Gasteiger partial charge in [-0.25, -0.2) is 0 Å². The second-order valence-corrected chi connectivity index (χ2v) is 4.60. The molecule has 0 unspecified atom stereocenters. The summed E-state index contributed by atoms with van der Waals surface area (Å²) in [5.74, 6) is 0.0908.